The highest BCUT2D eigenvalue weighted by atomic mass is 32.1. The molecule has 1 aliphatic rings. The summed E-state index contributed by atoms with van der Waals surface area (Å²) < 4.78 is 0. The first-order valence-corrected chi connectivity index (χ1v) is 7.45. The molecule has 1 N–H and O–H groups in total. The van der Waals surface area contributed by atoms with Crippen molar-refractivity contribution in [1.29, 1.82) is 0 Å². The molecule has 1 saturated heterocycles. The van der Waals surface area contributed by atoms with E-state index >= 15 is 0 Å². The van der Waals surface area contributed by atoms with Gasteiger partial charge in [-0.1, -0.05) is 24.7 Å². The molecule has 96 valence electrons. The van der Waals surface area contributed by atoms with Crippen molar-refractivity contribution in [2.75, 3.05) is 18.4 Å². The molecule has 0 spiro atoms. The molecule has 0 radical (unpaired) electrons. The second kappa shape index (κ2) is 6.31. The molecule has 1 fully saturated rings. The minimum absolute atomic E-state index is 0.746. The Labute approximate surface area is 107 Å². The van der Waals surface area contributed by atoms with Crippen LogP contribution in [0.4, 0.5) is 5.13 Å². The fourth-order valence-electron chi connectivity index (χ4n) is 2.44. The number of hydrogen-bond donors (Lipinski definition) is 1. The van der Waals surface area contributed by atoms with E-state index in [1.165, 1.54) is 32.2 Å². The van der Waals surface area contributed by atoms with Crippen molar-refractivity contribution < 1.29 is 0 Å². The van der Waals surface area contributed by atoms with E-state index in [9.17, 15) is 0 Å². The van der Waals surface area contributed by atoms with Crippen molar-refractivity contribution in [2.24, 2.45) is 0 Å². The summed E-state index contributed by atoms with van der Waals surface area (Å²) in [7, 11) is 0. The van der Waals surface area contributed by atoms with Gasteiger partial charge in [-0.05, 0) is 32.7 Å². The number of rotatable bonds is 5. The molecule has 17 heavy (non-hydrogen) atoms. The van der Waals surface area contributed by atoms with Gasteiger partial charge in [0.2, 0.25) is 5.13 Å². The van der Waals surface area contributed by atoms with E-state index in [0.717, 1.165) is 29.3 Å². The van der Waals surface area contributed by atoms with Gasteiger partial charge in [-0.15, -0.1) is 10.2 Å². The summed E-state index contributed by atoms with van der Waals surface area (Å²) in [6.45, 7) is 7.47. The van der Waals surface area contributed by atoms with Crippen molar-refractivity contribution >= 4 is 16.5 Å². The molecule has 1 atom stereocenters. The smallest absolute Gasteiger partial charge is 0.205 e. The maximum absolute atomic E-state index is 4.26. The Morgan fingerprint density at radius 2 is 2.24 bits per heavy atom. The Bertz CT molecular complexity index is 339. The number of nitrogens with one attached hydrogen (secondary N) is 1. The lowest BCUT2D eigenvalue weighted by molar-refractivity contribution is 0.136. The predicted molar refractivity (Wildman–Crippen MR) is 72.4 cm³/mol. The van der Waals surface area contributed by atoms with Gasteiger partial charge in [0.1, 0.15) is 5.01 Å². The summed E-state index contributed by atoms with van der Waals surface area (Å²) in [5.74, 6) is 0. The van der Waals surface area contributed by atoms with Crippen LogP contribution < -0.4 is 5.32 Å². The van der Waals surface area contributed by atoms with Crippen molar-refractivity contribution in [3.8, 4) is 0 Å². The lowest BCUT2D eigenvalue weighted by Crippen LogP contribution is -2.38. The number of piperidine rings is 1. The summed E-state index contributed by atoms with van der Waals surface area (Å²) >= 11 is 1.69. The third-order valence-corrected chi connectivity index (χ3v) is 4.22. The Balaban J connectivity index is 1.93. The van der Waals surface area contributed by atoms with Gasteiger partial charge in [-0.2, -0.15) is 0 Å². The van der Waals surface area contributed by atoms with Gasteiger partial charge in [0.25, 0.3) is 0 Å². The van der Waals surface area contributed by atoms with E-state index in [-0.39, 0.29) is 0 Å². The minimum Gasteiger partial charge on any atom is -0.360 e. The van der Waals surface area contributed by atoms with Gasteiger partial charge in [0.15, 0.2) is 0 Å². The average molecular weight is 254 g/mol. The minimum atomic E-state index is 0.746. The highest BCUT2D eigenvalue weighted by molar-refractivity contribution is 7.15. The SMILES string of the molecule is CCNc1nnc(CN2CCCCC2CC)s1. The van der Waals surface area contributed by atoms with E-state index in [1.54, 1.807) is 11.3 Å². The largest absolute Gasteiger partial charge is 0.360 e. The van der Waals surface area contributed by atoms with E-state index in [0.29, 0.717) is 0 Å². The summed E-state index contributed by atoms with van der Waals surface area (Å²) in [6.07, 6.45) is 5.30. The van der Waals surface area contributed by atoms with Gasteiger partial charge < -0.3 is 5.32 Å². The van der Waals surface area contributed by atoms with Gasteiger partial charge in [-0.3, -0.25) is 4.90 Å². The Morgan fingerprint density at radius 3 is 3.00 bits per heavy atom. The highest BCUT2D eigenvalue weighted by Crippen LogP contribution is 2.23. The van der Waals surface area contributed by atoms with Crippen LogP contribution in [0.1, 0.15) is 44.5 Å². The molecule has 0 amide bonds. The molecule has 0 saturated carbocycles. The molecule has 4 nitrogen and oxygen atoms in total. The van der Waals surface area contributed by atoms with Gasteiger partial charge >= 0.3 is 0 Å². The Morgan fingerprint density at radius 1 is 1.35 bits per heavy atom. The lowest BCUT2D eigenvalue weighted by atomic mass is 10.0. The summed E-state index contributed by atoms with van der Waals surface area (Å²) in [4.78, 5) is 2.57. The Hall–Kier alpha value is -0.680. The zero-order chi connectivity index (χ0) is 12.1. The molecule has 2 rings (SSSR count). The quantitative estimate of drug-likeness (QED) is 0.877. The highest BCUT2D eigenvalue weighted by Gasteiger charge is 2.21. The van der Waals surface area contributed by atoms with Crippen LogP contribution in [-0.4, -0.2) is 34.2 Å². The average Bonchev–Trinajstić information content (AvgIpc) is 2.78. The standard InChI is InChI=1S/C12H22N4S/c1-3-10-7-5-6-8-16(10)9-11-14-15-12(17-11)13-4-2/h10H,3-9H2,1-2H3,(H,13,15). The third-order valence-electron chi connectivity index (χ3n) is 3.35. The summed E-state index contributed by atoms with van der Waals surface area (Å²) in [5.41, 5.74) is 0. The maximum Gasteiger partial charge on any atom is 0.205 e. The third kappa shape index (κ3) is 3.39. The first-order chi connectivity index (χ1) is 8.33. The van der Waals surface area contributed by atoms with Crippen LogP contribution in [0.25, 0.3) is 0 Å². The molecule has 1 aliphatic heterocycles. The van der Waals surface area contributed by atoms with Crippen molar-refractivity contribution in [1.82, 2.24) is 15.1 Å². The number of aromatic nitrogens is 2. The van der Waals surface area contributed by atoms with Crippen LogP contribution >= 0.6 is 11.3 Å². The number of nitrogens with zero attached hydrogens (tertiary/aromatic N) is 3. The number of hydrogen-bond acceptors (Lipinski definition) is 5. The molecule has 0 bridgehead atoms. The van der Waals surface area contributed by atoms with E-state index in [2.05, 4.69) is 34.3 Å². The summed E-state index contributed by atoms with van der Waals surface area (Å²) in [5, 5.41) is 13.7. The second-order valence-corrected chi connectivity index (χ2v) is 5.62. The van der Waals surface area contributed by atoms with E-state index in [4.69, 9.17) is 0 Å². The molecular formula is C12H22N4S. The molecule has 5 heteroatoms. The monoisotopic (exact) mass is 254 g/mol. The zero-order valence-electron chi connectivity index (χ0n) is 10.8. The summed E-state index contributed by atoms with van der Waals surface area (Å²) in [6, 6.07) is 0.746. The number of likely N-dealkylation sites (tertiary alicyclic amines) is 1. The van der Waals surface area contributed by atoms with E-state index in [1.807, 2.05) is 0 Å². The zero-order valence-corrected chi connectivity index (χ0v) is 11.6. The lowest BCUT2D eigenvalue weighted by Gasteiger charge is -2.34. The number of anilines is 1. The van der Waals surface area contributed by atoms with Gasteiger partial charge in [0.05, 0.1) is 6.54 Å². The van der Waals surface area contributed by atoms with Crippen LogP contribution in [0.15, 0.2) is 0 Å². The van der Waals surface area contributed by atoms with Crippen LogP contribution in [0.3, 0.4) is 0 Å². The van der Waals surface area contributed by atoms with Crippen molar-refractivity contribution in [2.45, 2.75) is 52.1 Å². The topological polar surface area (TPSA) is 41.1 Å². The van der Waals surface area contributed by atoms with Crippen LogP contribution in [0.2, 0.25) is 0 Å². The van der Waals surface area contributed by atoms with Crippen LogP contribution in [0.5, 0.6) is 0 Å². The van der Waals surface area contributed by atoms with Gasteiger partial charge in [-0.25, -0.2) is 0 Å². The molecule has 1 unspecified atom stereocenters. The predicted octanol–water partition coefficient (Wildman–Crippen LogP) is 2.73. The van der Waals surface area contributed by atoms with Gasteiger partial charge in [0, 0.05) is 12.6 Å². The fourth-order valence-corrected chi connectivity index (χ4v) is 3.28. The van der Waals surface area contributed by atoms with E-state index < -0.39 is 0 Å². The molecule has 2 heterocycles. The molecule has 0 aliphatic carbocycles. The first-order valence-electron chi connectivity index (χ1n) is 6.63. The maximum atomic E-state index is 4.26. The second-order valence-electron chi connectivity index (χ2n) is 4.56. The van der Waals surface area contributed by atoms with Crippen LogP contribution in [0, 0.1) is 0 Å². The van der Waals surface area contributed by atoms with Crippen molar-refractivity contribution in [3.63, 3.8) is 0 Å². The molecular weight excluding hydrogens is 232 g/mol. The van der Waals surface area contributed by atoms with Crippen molar-refractivity contribution in [3.05, 3.63) is 5.01 Å². The fraction of sp³-hybridized carbons (Fsp3) is 0.833. The first kappa shape index (κ1) is 12.8. The normalized spacial score (nSPS) is 21.6. The Kier molecular flexibility index (Phi) is 4.74. The van der Waals surface area contributed by atoms with Crippen LogP contribution in [-0.2, 0) is 6.54 Å². The molecule has 1 aromatic heterocycles. The molecule has 0 aromatic carbocycles. The molecule has 1 aromatic rings.